The van der Waals surface area contributed by atoms with E-state index in [1.54, 1.807) is 0 Å². The number of nitrogens with two attached hydrogens (primary N) is 1. The maximum absolute atomic E-state index is 5.47. The Morgan fingerprint density at radius 2 is 2.07 bits per heavy atom. The molecule has 72 valence electrons. The molecule has 2 aromatic rings. The molecule has 1 heterocycles. The van der Waals surface area contributed by atoms with E-state index in [1.807, 2.05) is 24.3 Å². The van der Waals surface area contributed by atoms with Gasteiger partial charge in [0.2, 0.25) is 0 Å². The quantitative estimate of drug-likeness (QED) is 0.833. The van der Waals surface area contributed by atoms with Gasteiger partial charge in [-0.2, -0.15) is 9.36 Å². The van der Waals surface area contributed by atoms with E-state index in [0.717, 1.165) is 11.3 Å². The molecular weight excluding hydrogens is 198 g/mol. The molecule has 0 atom stereocenters. The Hall–Kier alpha value is -1.46. The summed E-state index contributed by atoms with van der Waals surface area (Å²) in [5.41, 5.74) is 6.55. The summed E-state index contributed by atoms with van der Waals surface area (Å²) in [4.78, 5) is 3.91. The van der Waals surface area contributed by atoms with Crippen molar-refractivity contribution in [1.82, 2.24) is 9.36 Å². The van der Waals surface area contributed by atoms with Gasteiger partial charge in [-0.3, -0.25) is 0 Å². The van der Waals surface area contributed by atoms with Gasteiger partial charge < -0.3 is 10.5 Å². The number of hydrogen-bond acceptors (Lipinski definition) is 5. The summed E-state index contributed by atoms with van der Waals surface area (Å²) in [6, 6.07) is 7.58. The van der Waals surface area contributed by atoms with Crippen LogP contribution in [-0.4, -0.2) is 9.36 Å². The summed E-state index contributed by atoms with van der Waals surface area (Å²) < 4.78 is 9.26. The molecule has 5 heteroatoms. The molecule has 1 aromatic heterocycles. The van der Waals surface area contributed by atoms with Gasteiger partial charge in [0.05, 0.1) is 0 Å². The Kier molecular flexibility index (Phi) is 2.71. The molecule has 0 aliphatic rings. The standard InChI is InChI=1S/C9H9N3OS/c10-5-7-1-3-8(4-2-7)13-9-11-6-12-14-9/h1-4,6H,5,10H2. The van der Waals surface area contributed by atoms with Crippen molar-refractivity contribution in [3.05, 3.63) is 36.2 Å². The number of nitrogens with zero attached hydrogens (tertiary/aromatic N) is 2. The number of rotatable bonds is 3. The number of aromatic nitrogens is 2. The fourth-order valence-corrected chi connectivity index (χ4v) is 1.41. The molecule has 0 spiro atoms. The number of benzene rings is 1. The van der Waals surface area contributed by atoms with Crippen LogP contribution in [0.15, 0.2) is 30.6 Å². The predicted octanol–water partition coefficient (Wildman–Crippen LogP) is 1.79. The van der Waals surface area contributed by atoms with E-state index in [2.05, 4.69) is 9.36 Å². The van der Waals surface area contributed by atoms with Crippen LogP contribution < -0.4 is 10.5 Å². The molecule has 0 bridgehead atoms. The zero-order chi connectivity index (χ0) is 9.80. The van der Waals surface area contributed by atoms with Gasteiger partial charge in [0.15, 0.2) is 0 Å². The highest BCUT2D eigenvalue weighted by atomic mass is 32.1. The van der Waals surface area contributed by atoms with Crippen molar-refractivity contribution >= 4 is 11.5 Å². The van der Waals surface area contributed by atoms with Crippen LogP contribution in [0.2, 0.25) is 0 Å². The van der Waals surface area contributed by atoms with E-state index in [0.29, 0.717) is 11.7 Å². The molecule has 0 fully saturated rings. The largest absolute Gasteiger partial charge is 0.430 e. The normalized spacial score (nSPS) is 10.1. The molecular formula is C9H9N3OS. The van der Waals surface area contributed by atoms with Crippen molar-refractivity contribution in [2.45, 2.75) is 6.54 Å². The van der Waals surface area contributed by atoms with Gasteiger partial charge in [-0.05, 0) is 17.7 Å². The first-order chi connectivity index (χ1) is 6.88. The zero-order valence-electron chi connectivity index (χ0n) is 7.38. The lowest BCUT2D eigenvalue weighted by atomic mass is 10.2. The minimum atomic E-state index is 0.541. The fraction of sp³-hybridized carbons (Fsp3) is 0.111. The van der Waals surface area contributed by atoms with Crippen molar-refractivity contribution < 1.29 is 4.74 Å². The summed E-state index contributed by atoms with van der Waals surface area (Å²) in [5, 5.41) is 0.547. The van der Waals surface area contributed by atoms with Crippen LogP contribution in [0.3, 0.4) is 0 Å². The highest BCUT2D eigenvalue weighted by molar-refractivity contribution is 7.07. The molecule has 0 saturated carbocycles. The summed E-state index contributed by atoms with van der Waals surface area (Å²) in [6.07, 6.45) is 1.47. The van der Waals surface area contributed by atoms with E-state index in [1.165, 1.54) is 17.9 Å². The highest BCUT2D eigenvalue weighted by Crippen LogP contribution is 2.21. The zero-order valence-corrected chi connectivity index (χ0v) is 8.20. The first-order valence-corrected chi connectivity index (χ1v) is 4.89. The second-order valence-electron chi connectivity index (χ2n) is 2.66. The minimum absolute atomic E-state index is 0.541. The lowest BCUT2D eigenvalue weighted by Gasteiger charge is -2.01. The van der Waals surface area contributed by atoms with E-state index >= 15 is 0 Å². The Morgan fingerprint density at radius 3 is 2.64 bits per heavy atom. The molecule has 0 radical (unpaired) electrons. The molecule has 0 unspecified atom stereocenters. The Labute approximate surface area is 85.5 Å². The van der Waals surface area contributed by atoms with Gasteiger partial charge >= 0.3 is 0 Å². The van der Waals surface area contributed by atoms with Gasteiger partial charge in [-0.15, -0.1) is 0 Å². The maximum Gasteiger partial charge on any atom is 0.298 e. The van der Waals surface area contributed by atoms with Gasteiger partial charge in [0.25, 0.3) is 5.19 Å². The number of ether oxygens (including phenoxy) is 1. The van der Waals surface area contributed by atoms with E-state index in [4.69, 9.17) is 10.5 Å². The van der Waals surface area contributed by atoms with Crippen molar-refractivity contribution in [2.75, 3.05) is 0 Å². The van der Waals surface area contributed by atoms with E-state index < -0.39 is 0 Å². The van der Waals surface area contributed by atoms with Crippen molar-refractivity contribution in [3.8, 4) is 10.9 Å². The molecule has 0 saturated heterocycles. The average molecular weight is 207 g/mol. The van der Waals surface area contributed by atoms with Crippen LogP contribution in [0.5, 0.6) is 10.9 Å². The third-order valence-electron chi connectivity index (χ3n) is 1.71. The van der Waals surface area contributed by atoms with Crippen LogP contribution in [0.1, 0.15) is 5.56 Å². The molecule has 14 heavy (non-hydrogen) atoms. The maximum atomic E-state index is 5.47. The monoisotopic (exact) mass is 207 g/mol. The Bertz CT molecular complexity index is 385. The van der Waals surface area contributed by atoms with E-state index in [-0.39, 0.29) is 0 Å². The Balaban J connectivity index is 2.10. The average Bonchev–Trinajstić information content (AvgIpc) is 2.72. The van der Waals surface area contributed by atoms with Crippen LogP contribution >= 0.6 is 11.5 Å². The first kappa shape index (κ1) is 9.11. The van der Waals surface area contributed by atoms with Crippen molar-refractivity contribution in [3.63, 3.8) is 0 Å². The van der Waals surface area contributed by atoms with Crippen LogP contribution in [0.4, 0.5) is 0 Å². The second-order valence-corrected chi connectivity index (χ2v) is 3.40. The highest BCUT2D eigenvalue weighted by Gasteiger charge is 1.99. The molecule has 0 aliphatic heterocycles. The topological polar surface area (TPSA) is 61.0 Å². The fourth-order valence-electron chi connectivity index (χ4n) is 1.00. The van der Waals surface area contributed by atoms with Crippen LogP contribution in [-0.2, 0) is 6.54 Å². The van der Waals surface area contributed by atoms with Gasteiger partial charge in [-0.1, -0.05) is 12.1 Å². The Morgan fingerprint density at radius 1 is 1.29 bits per heavy atom. The molecule has 0 aliphatic carbocycles. The van der Waals surface area contributed by atoms with Gasteiger partial charge in [0, 0.05) is 18.1 Å². The summed E-state index contributed by atoms with van der Waals surface area (Å²) in [5.74, 6) is 0.749. The van der Waals surface area contributed by atoms with Crippen molar-refractivity contribution in [2.24, 2.45) is 5.73 Å². The molecule has 2 rings (SSSR count). The first-order valence-electron chi connectivity index (χ1n) is 4.12. The van der Waals surface area contributed by atoms with Gasteiger partial charge in [-0.25, -0.2) is 0 Å². The molecule has 0 amide bonds. The third-order valence-corrected chi connectivity index (χ3v) is 2.25. The second kappa shape index (κ2) is 4.17. The molecule has 4 nitrogen and oxygen atoms in total. The van der Waals surface area contributed by atoms with Gasteiger partial charge in [0.1, 0.15) is 12.1 Å². The van der Waals surface area contributed by atoms with Crippen LogP contribution in [0.25, 0.3) is 0 Å². The van der Waals surface area contributed by atoms with E-state index in [9.17, 15) is 0 Å². The van der Waals surface area contributed by atoms with Crippen molar-refractivity contribution in [1.29, 1.82) is 0 Å². The summed E-state index contributed by atoms with van der Waals surface area (Å²) in [6.45, 7) is 0.541. The lowest BCUT2D eigenvalue weighted by Crippen LogP contribution is -1.95. The smallest absolute Gasteiger partial charge is 0.298 e. The summed E-state index contributed by atoms with van der Waals surface area (Å²) in [7, 11) is 0. The molecule has 2 N–H and O–H groups in total. The summed E-state index contributed by atoms with van der Waals surface area (Å²) >= 11 is 1.22. The third kappa shape index (κ3) is 2.07. The minimum Gasteiger partial charge on any atom is -0.430 e. The SMILES string of the molecule is NCc1ccc(Oc2ncns2)cc1. The number of hydrogen-bond donors (Lipinski definition) is 1. The lowest BCUT2D eigenvalue weighted by molar-refractivity contribution is 0.478. The van der Waals surface area contributed by atoms with Crippen LogP contribution in [0, 0.1) is 0 Å². The molecule has 1 aromatic carbocycles. The predicted molar refractivity (Wildman–Crippen MR) is 54.3 cm³/mol.